The highest BCUT2D eigenvalue weighted by atomic mass is 16.5. The van der Waals surface area contributed by atoms with Crippen LogP contribution < -0.4 is 11.1 Å². The maximum Gasteiger partial charge on any atom is 0.404 e. The van der Waals surface area contributed by atoms with Crippen LogP contribution in [-0.2, 0) is 11.2 Å². The number of benzene rings is 2. The standard InChI is InChI=1S/C20H26N2O5/c1-13(7-8-14-5-3-2-4-6-14)22-16(12-27-20(21)26)19(25)15-9-10-17(23)18(24)11-15/h2-6,9-11,13,16,19,22-25H,7-8,12H2,1H3,(H2,21,26). The SMILES string of the molecule is CC(CCc1ccccc1)NC(COC(N)=O)C(O)c1ccc(O)c(O)c1. The van der Waals surface area contributed by atoms with Gasteiger partial charge in [-0.3, -0.25) is 0 Å². The topological polar surface area (TPSA) is 125 Å². The molecule has 7 nitrogen and oxygen atoms in total. The summed E-state index contributed by atoms with van der Waals surface area (Å²) in [5, 5.41) is 33.0. The van der Waals surface area contributed by atoms with Crippen LogP contribution in [0, 0.1) is 0 Å². The molecule has 3 atom stereocenters. The quantitative estimate of drug-likeness (QED) is 0.429. The van der Waals surface area contributed by atoms with Gasteiger partial charge in [-0.2, -0.15) is 0 Å². The Balaban J connectivity index is 2.03. The smallest absolute Gasteiger partial charge is 0.404 e. The number of amides is 1. The Morgan fingerprint density at radius 2 is 1.85 bits per heavy atom. The van der Waals surface area contributed by atoms with Crippen LogP contribution >= 0.6 is 0 Å². The maximum atomic E-state index is 11.0. The number of carbonyl (C=O) groups excluding carboxylic acids is 1. The second kappa shape index (κ2) is 9.80. The molecule has 0 saturated heterocycles. The summed E-state index contributed by atoms with van der Waals surface area (Å²) in [5.41, 5.74) is 6.63. The van der Waals surface area contributed by atoms with Crippen LogP contribution in [0.15, 0.2) is 48.5 Å². The Kier molecular flexibility index (Phi) is 7.45. The second-order valence-electron chi connectivity index (χ2n) is 6.52. The number of ether oxygens (including phenoxy) is 1. The van der Waals surface area contributed by atoms with E-state index in [1.807, 2.05) is 25.1 Å². The molecule has 6 N–H and O–H groups in total. The van der Waals surface area contributed by atoms with Crippen molar-refractivity contribution in [2.24, 2.45) is 5.73 Å². The molecule has 27 heavy (non-hydrogen) atoms. The molecule has 2 rings (SSSR count). The molecule has 2 aromatic rings. The average Bonchev–Trinajstić information content (AvgIpc) is 2.65. The Morgan fingerprint density at radius 3 is 2.48 bits per heavy atom. The molecule has 0 aromatic heterocycles. The molecular formula is C20H26N2O5. The molecule has 0 aliphatic rings. The normalized spacial score (nSPS) is 14.3. The number of phenols is 2. The summed E-state index contributed by atoms with van der Waals surface area (Å²) in [6, 6.07) is 13.5. The number of primary amides is 1. The predicted octanol–water partition coefficient (Wildman–Crippen LogP) is 2.21. The Bertz CT molecular complexity index is 738. The predicted molar refractivity (Wildman–Crippen MR) is 101 cm³/mol. The van der Waals surface area contributed by atoms with Gasteiger partial charge in [0.1, 0.15) is 6.61 Å². The van der Waals surface area contributed by atoms with Gasteiger partial charge in [0.2, 0.25) is 0 Å². The molecule has 0 saturated carbocycles. The van der Waals surface area contributed by atoms with Crippen molar-refractivity contribution < 1.29 is 24.9 Å². The number of nitrogens with one attached hydrogen (secondary N) is 1. The Morgan fingerprint density at radius 1 is 1.15 bits per heavy atom. The lowest BCUT2D eigenvalue weighted by molar-refractivity contribution is 0.0706. The summed E-state index contributed by atoms with van der Waals surface area (Å²) in [7, 11) is 0. The van der Waals surface area contributed by atoms with Crippen molar-refractivity contribution in [3.05, 3.63) is 59.7 Å². The van der Waals surface area contributed by atoms with Crippen LogP contribution in [0.3, 0.4) is 0 Å². The molecular weight excluding hydrogens is 348 g/mol. The van der Waals surface area contributed by atoms with Crippen LogP contribution in [0.5, 0.6) is 11.5 Å². The molecule has 0 heterocycles. The van der Waals surface area contributed by atoms with E-state index in [1.54, 1.807) is 0 Å². The highest BCUT2D eigenvalue weighted by Crippen LogP contribution is 2.29. The first-order chi connectivity index (χ1) is 12.9. The fourth-order valence-corrected chi connectivity index (χ4v) is 2.84. The van der Waals surface area contributed by atoms with Gasteiger partial charge in [-0.1, -0.05) is 36.4 Å². The first-order valence-electron chi connectivity index (χ1n) is 8.79. The highest BCUT2D eigenvalue weighted by molar-refractivity contribution is 5.64. The minimum Gasteiger partial charge on any atom is -0.504 e. The van der Waals surface area contributed by atoms with Crippen molar-refractivity contribution in [2.75, 3.05) is 6.61 Å². The minimum absolute atomic E-state index is 0.0204. The van der Waals surface area contributed by atoms with E-state index in [2.05, 4.69) is 17.4 Å². The first kappa shape index (κ1) is 20.5. The lowest BCUT2D eigenvalue weighted by Crippen LogP contribution is -2.44. The molecule has 0 fully saturated rings. The van der Waals surface area contributed by atoms with Crippen molar-refractivity contribution in [1.29, 1.82) is 0 Å². The minimum atomic E-state index is -1.07. The van der Waals surface area contributed by atoms with Gasteiger partial charge in [-0.05, 0) is 43.0 Å². The average molecular weight is 374 g/mol. The third kappa shape index (κ3) is 6.47. The van der Waals surface area contributed by atoms with Gasteiger partial charge >= 0.3 is 6.09 Å². The second-order valence-corrected chi connectivity index (χ2v) is 6.52. The molecule has 1 amide bonds. The number of rotatable bonds is 9. The van der Waals surface area contributed by atoms with Gasteiger partial charge < -0.3 is 31.1 Å². The van der Waals surface area contributed by atoms with Gasteiger partial charge in [0.25, 0.3) is 0 Å². The number of aliphatic hydroxyl groups is 1. The molecule has 7 heteroatoms. The molecule has 0 bridgehead atoms. The lowest BCUT2D eigenvalue weighted by Gasteiger charge is -2.27. The first-order valence-corrected chi connectivity index (χ1v) is 8.79. The number of hydrogen-bond donors (Lipinski definition) is 5. The number of aryl methyl sites for hydroxylation is 1. The molecule has 146 valence electrons. The Labute approximate surface area is 158 Å². The molecule has 0 aliphatic heterocycles. The van der Waals surface area contributed by atoms with Gasteiger partial charge in [0.15, 0.2) is 11.5 Å². The van der Waals surface area contributed by atoms with E-state index < -0.39 is 18.2 Å². The third-order valence-corrected chi connectivity index (χ3v) is 4.33. The largest absolute Gasteiger partial charge is 0.504 e. The molecule has 0 aliphatic carbocycles. The van der Waals surface area contributed by atoms with Crippen LogP contribution in [-0.4, -0.2) is 40.1 Å². The number of aliphatic hydroxyl groups excluding tert-OH is 1. The zero-order valence-corrected chi connectivity index (χ0v) is 15.2. The molecule has 3 unspecified atom stereocenters. The van der Waals surface area contributed by atoms with E-state index >= 15 is 0 Å². The van der Waals surface area contributed by atoms with Gasteiger partial charge in [0, 0.05) is 6.04 Å². The summed E-state index contributed by atoms with van der Waals surface area (Å²) in [5.74, 6) is -0.613. The van der Waals surface area contributed by atoms with E-state index in [4.69, 9.17) is 10.5 Å². The number of nitrogens with two attached hydrogens (primary N) is 1. The number of aromatic hydroxyl groups is 2. The van der Waals surface area contributed by atoms with Crippen LogP contribution in [0.4, 0.5) is 4.79 Å². The fourth-order valence-electron chi connectivity index (χ4n) is 2.84. The summed E-state index contributed by atoms with van der Waals surface area (Å²) in [6.45, 7) is 1.84. The molecule has 0 radical (unpaired) electrons. The number of hydrogen-bond acceptors (Lipinski definition) is 6. The van der Waals surface area contributed by atoms with Crippen molar-refractivity contribution in [1.82, 2.24) is 5.32 Å². The van der Waals surface area contributed by atoms with Crippen LogP contribution in [0.1, 0.15) is 30.6 Å². The van der Waals surface area contributed by atoms with E-state index in [0.29, 0.717) is 5.56 Å². The van der Waals surface area contributed by atoms with Crippen molar-refractivity contribution in [3.63, 3.8) is 0 Å². The number of carbonyl (C=O) groups is 1. The fraction of sp³-hybridized carbons (Fsp3) is 0.350. The van der Waals surface area contributed by atoms with Crippen molar-refractivity contribution in [3.8, 4) is 11.5 Å². The van der Waals surface area contributed by atoms with E-state index in [0.717, 1.165) is 12.8 Å². The molecule has 0 spiro atoms. The van der Waals surface area contributed by atoms with Crippen molar-refractivity contribution >= 4 is 6.09 Å². The van der Waals surface area contributed by atoms with Gasteiger partial charge in [-0.25, -0.2) is 4.79 Å². The van der Waals surface area contributed by atoms with Crippen LogP contribution in [0.2, 0.25) is 0 Å². The summed E-state index contributed by atoms with van der Waals surface area (Å²) in [6.07, 6.45) is -0.339. The zero-order chi connectivity index (χ0) is 19.8. The highest BCUT2D eigenvalue weighted by Gasteiger charge is 2.24. The van der Waals surface area contributed by atoms with E-state index in [1.165, 1.54) is 23.8 Å². The number of phenolic OH excluding ortho intramolecular Hbond substituents is 2. The van der Waals surface area contributed by atoms with E-state index in [-0.39, 0.29) is 24.1 Å². The van der Waals surface area contributed by atoms with Crippen molar-refractivity contribution in [2.45, 2.75) is 38.0 Å². The Hall–Kier alpha value is -2.77. The maximum absolute atomic E-state index is 11.0. The lowest BCUT2D eigenvalue weighted by atomic mass is 10.00. The van der Waals surface area contributed by atoms with E-state index in [9.17, 15) is 20.1 Å². The van der Waals surface area contributed by atoms with Gasteiger partial charge in [-0.15, -0.1) is 0 Å². The molecule has 2 aromatic carbocycles. The van der Waals surface area contributed by atoms with Gasteiger partial charge in [0.05, 0.1) is 12.1 Å². The summed E-state index contributed by atoms with van der Waals surface area (Å²) < 4.78 is 4.87. The summed E-state index contributed by atoms with van der Waals surface area (Å²) >= 11 is 0. The third-order valence-electron chi connectivity index (χ3n) is 4.33. The zero-order valence-electron chi connectivity index (χ0n) is 15.2. The van der Waals surface area contributed by atoms with Crippen LogP contribution in [0.25, 0.3) is 0 Å². The summed E-state index contributed by atoms with van der Waals surface area (Å²) in [4.78, 5) is 11.0. The monoisotopic (exact) mass is 374 g/mol.